The molecular weight excluding hydrogens is 256 g/mol. The van der Waals surface area contributed by atoms with E-state index in [0.29, 0.717) is 17.9 Å². The second-order valence-corrected chi connectivity index (χ2v) is 4.56. The molecule has 0 radical (unpaired) electrons. The van der Waals surface area contributed by atoms with E-state index in [4.69, 9.17) is 15.1 Å². The molecule has 0 bridgehead atoms. The maximum absolute atomic E-state index is 9.77. The first-order valence-electron chi connectivity index (χ1n) is 6.89. The summed E-state index contributed by atoms with van der Waals surface area (Å²) >= 11 is 0. The van der Waals surface area contributed by atoms with Gasteiger partial charge in [-0.3, -0.25) is 0 Å². The monoisotopic (exact) mass is 278 g/mol. The lowest BCUT2D eigenvalue weighted by atomic mass is 10.2. The molecule has 3 N–H and O–H groups in total. The number of aliphatic hydroxyl groups excluding tert-OH is 2. The van der Waals surface area contributed by atoms with Gasteiger partial charge >= 0.3 is 0 Å². The van der Waals surface area contributed by atoms with Crippen molar-refractivity contribution in [1.82, 2.24) is 5.32 Å². The van der Waals surface area contributed by atoms with Crippen LogP contribution in [0.3, 0.4) is 0 Å². The van der Waals surface area contributed by atoms with Crippen LogP contribution in [0.4, 0.5) is 0 Å². The predicted octanol–water partition coefficient (Wildman–Crippen LogP) is 1.05. The molecule has 1 rings (SSSR count). The Morgan fingerprint density at radius 1 is 1.25 bits per heavy atom. The maximum Gasteiger partial charge on any atom is 0.137 e. The summed E-state index contributed by atoms with van der Waals surface area (Å²) in [5.74, 6) is 0.497. The van der Waals surface area contributed by atoms with Crippen LogP contribution in [0.1, 0.15) is 24.8 Å². The fraction of sp³-hybridized carbons (Fsp3) is 0.533. The standard InChI is InChI=1S/C15H22N2O3/c16-10-13-6-2-3-7-15(13)20-12-14(19)11-17-8-4-1-5-9-18/h2-3,6-7,14,17-19H,1,4-5,8-9,11-12H2. The van der Waals surface area contributed by atoms with Gasteiger partial charge in [0, 0.05) is 13.2 Å². The molecule has 1 atom stereocenters. The number of unbranched alkanes of at least 4 members (excludes halogenated alkanes) is 2. The number of nitrogens with zero attached hydrogens (tertiary/aromatic N) is 1. The highest BCUT2D eigenvalue weighted by Crippen LogP contribution is 2.16. The third-order valence-corrected chi connectivity index (χ3v) is 2.83. The molecule has 0 amide bonds. The third kappa shape index (κ3) is 6.53. The van der Waals surface area contributed by atoms with Gasteiger partial charge in [-0.25, -0.2) is 0 Å². The van der Waals surface area contributed by atoms with Crippen LogP contribution in [0.15, 0.2) is 24.3 Å². The Labute approximate surface area is 119 Å². The number of para-hydroxylation sites is 1. The van der Waals surface area contributed by atoms with Gasteiger partial charge in [0.1, 0.15) is 24.5 Å². The van der Waals surface area contributed by atoms with Crippen molar-refractivity contribution in [3.8, 4) is 11.8 Å². The number of hydrogen-bond acceptors (Lipinski definition) is 5. The summed E-state index contributed by atoms with van der Waals surface area (Å²) in [6.07, 6.45) is 2.16. The Morgan fingerprint density at radius 2 is 2.05 bits per heavy atom. The van der Waals surface area contributed by atoms with E-state index in [1.807, 2.05) is 6.07 Å². The van der Waals surface area contributed by atoms with E-state index in [-0.39, 0.29) is 13.2 Å². The van der Waals surface area contributed by atoms with Gasteiger partial charge in [0.15, 0.2) is 0 Å². The van der Waals surface area contributed by atoms with Gasteiger partial charge in [-0.2, -0.15) is 5.26 Å². The van der Waals surface area contributed by atoms with Crippen LogP contribution in [-0.2, 0) is 0 Å². The number of nitrogens with one attached hydrogen (secondary N) is 1. The molecule has 1 aromatic carbocycles. The van der Waals surface area contributed by atoms with Gasteiger partial charge in [-0.15, -0.1) is 0 Å². The predicted molar refractivity (Wildman–Crippen MR) is 76.5 cm³/mol. The topological polar surface area (TPSA) is 85.5 Å². The van der Waals surface area contributed by atoms with Gasteiger partial charge in [0.05, 0.1) is 5.56 Å². The van der Waals surface area contributed by atoms with E-state index >= 15 is 0 Å². The molecule has 20 heavy (non-hydrogen) atoms. The first-order valence-corrected chi connectivity index (χ1v) is 6.89. The first kappa shape index (κ1) is 16.4. The van der Waals surface area contributed by atoms with E-state index in [1.165, 1.54) is 0 Å². The van der Waals surface area contributed by atoms with E-state index in [0.717, 1.165) is 25.8 Å². The van der Waals surface area contributed by atoms with Gasteiger partial charge in [0.25, 0.3) is 0 Å². The zero-order valence-corrected chi connectivity index (χ0v) is 11.6. The van der Waals surface area contributed by atoms with Crippen LogP contribution in [0.2, 0.25) is 0 Å². The molecule has 1 unspecified atom stereocenters. The summed E-state index contributed by atoms with van der Waals surface area (Å²) in [7, 11) is 0. The Kier molecular flexibility index (Phi) is 8.40. The molecule has 0 spiro atoms. The average molecular weight is 278 g/mol. The highest BCUT2D eigenvalue weighted by Gasteiger charge is 2.07. The molecule has 5 heteroatoms. The Hall–Kier alpha value is -1.61. The van der Waals surface area contributed by atoms with Crippen LogP contribution < -0.4 is 10.1 Å². The number of ether oxygens (including phenoxy) is 1. The zero-order chi connectivity index (χ0) is 14.6. The number of benzene rings is 1. The molecule has 0 saturated carbocycles. The summed E-state index contributed by atoms with van der Waals surface area (Å²) in [4.78, 5) is 0. The van der Waals surface area contributed by atoms with Crippen molar-refractivity contribution in [3.05, 3.63) is 29.8 Å². The van der Waals surface area contributed by atoms with Gasteiger partial charge in [-0.05, 0) is 37.9 Å². The normalized spacial score (nSPS) is 11.8. The minimum Gasteiger partial charge on any atom is -0.489 e. The van der Waals surface area contributed by atoms with Gasteiger partial charge < -0.3 is 20.3 Å². The van der Waals surface area contributed by atoms with Crippen molar-refractivity contribution < 1.29 is 14.9 Å². The van der Waals surface area contributed by atoms with E-state index in [1.54, 1.807) is 24.3 Å². The van der Waals surface area contributed by atoms with Crippen molar-refractivity contribution >= 4 is 0 Å². The lowest BCUT2D eigenvalue weighted by molar-refractivity contribution is 0.106. The third-order valence-electron chi connectivity index (χ3n) is 2.83. The molecule has 0 aromatic heterocycles. The Balaban J connectivity index is 2.17. The Morgan fingerprint density at radius 3 is 2.80 bits per heavy atom. The molecular formula is C15H22N2O3. The fourth-order valence-electron chi connectivity index (χ4n) is 1.74. The van der Waals surface area contributed by atoms with Crippen LogP contribution in [0, 0.1) is 11.3 Å². The lowest BCUT2D eigenvalue weighted by Gasteiger charge is -2.13. The second-order valence-electron chi connectivity index (χ2n) is 4.56. The number of hydrogen-bond donors (Lipinski definition) is 3. The fourth-order valence-corrected chi connectivity index (χ4v) is 1.74. The van der Waals surface area contributed by atoms with Crippen LogP contribution >= 0.6 is 0 Å². The quantitative estimate of drug-likeness (QED) is 0.557. The highest BCUT2D eigenvalue weighted by molar-refractivity contribution is 5.42. The van der Waals surface area contributed by atoms with E-state index < -0.39 is 6.10 Å². The molecule has 0 aliphatic rings. The number of aliphatic hydroxyl groups is 2. The Bertz CT molecular complexity index is 418. The molecule has 1 aromatic rings. The molecule has 0 saturated heterocycles. The second kappa shape index (κ2) is 10.2. The molecule has 0 aliphatic carbocycles. The zero-order valence-electron chi connectivity index (χ0n) is 11.6. The van der Waals surface area contributed by atoms with Crippen molar-refractivity contribution in [2.75, 3.05) is 26.3 Å². The number of rotatable bonds is 10. The van der Waals surface area contributed by atoms with Gasteiger partial charge in [0.2, 0.25) is 0 Å². The lowest BCUT2D eigenvalue weighted by Crippen LogP contribution is -2.32. The minimum atomic E-state index is -0.611. The molecule has 5 nitrogen and oxygen atoms in total. The SMILES string of the molecule is N#Cc1ccccc1OCC(O)CNCCCCCO. The highest BCUT2D eigenvalue weighted by atomic mass is 16.5. The largest absolute Gasteiger partial charge is 0.489 e. The number of nitriles is 1. The summed E-state index contributed by atoms with van der Waals surface area (Å²) in [5.41, 5.74) is 0.469. The van der Waals surface area contributed by atoms with Crippen LogP contribution in [-0.4, -0.2) is 42.6 Å². The van der Waals surface area contributed by atoms with Gasteiger partial charge in [-0.1, -0.05) is 12.1 Å². The molecule has 0 fully saturated rings. The van der Waals surface area contributed by atoms with Crippen molar-refractivity contribution in [3.63, 3.8) is 0 Å². The summed E-state index contributed by atoms with van der Waals surface area (Å²) in [5, 5.41) is 30.4. The van der Waals surface area contributed by atoms with E-state index in [9.17, 15) is 5.11 Å². The maximum atomic E-state index is 9.77. The van der Waals surface area contributed by atoms with E-state index in [2.05, 4.69) is 5.32 Å². The average Bonchev–Trinajstić information content (AvgIpc) is 2.49. The van der Waals surface area contributed by atoms with Crippen molar-refractivity contribution in [1.29, 1.82) is 5.26 Å². The summed E-state index contributed by atoms with van der Waals surface area (Å²) in [6.45, 7) is 1.65. The van der Waals surface area contributed by atoms with Crippen LogP contribution in [0.25, 0.3) is 0 Å². The van der Waals surface area contributed by atoms with Crippen LogP contribution in [0.5, 0.6) is 5.75 Å². The van der Waals surface area contributed by atoms with Crippen molar-refractivity contribution in [2.45, 2.75) is 25.4 Å². The smallest absolute Gasteiger partial charge is 0.137 e. The molecule has 0 aliphatic heterocycles. The minimum absolute atomic E-state index is 0.155. The summed E-state index contributed by atoms with van der Waals surface area (Å²) < 4.78 is 5.44. The first-order chi connectivity index (χ1) is 9.77. The van der Waals surface area contributed by atoms with Crippen molar-refractivity contribution in [2.24, 2.45) is 0 Å². The molecule has 0 heterocycles. The molecule has 110 valence electrons. The summed E-state index contributed by atoms with van der Waals surface area (Å²) in [6, 6.07) is 9.01.